The molecule has 0 bridgehead atoms. The topological polar surface area (TPSA) is 77.8 Å². The minimum absolute atomic E-state index is 0.0302. The number of terminal acetylenes is 1. The van der Waals surface area contributed by atoms with Gasteiger partial charge in [0.05, 0.1) is 12.1 Å². The van der Waals surface area contributed by atoms with E-state index in [4.69, 9.17) is 11.5 Å². The van der Waals surface area contributed by atoms with E-state index in [0.29, 0.717) is 5.75 Å². The zero-order valence-corrected chi connectivity index (χ0v) is 11.1. The van der Waals surface area contributed by atoms with Crippen molar-refractivity contribution in [2.24, 2.45) is 5.92 Å². The number of aliphatic hydroxyl groups is 1. The van der Waals surface area contributed by atoms with Gasteiger partial charge in [-0.25, -0.2) is 4.79 Å². The summed E-state index contributed by atoms with van der Waals surface area (Å²) in [5, 5.41) is 19.3. The van der Waals surface area contributed by atoms with E-state index in [0.717, 1.165) is 0 Å². The van der Waals surface area contributed by atoms with E-state index >= 15 is 0 Å². The van der Waals surface area contributed by atoms with Crippen LogP contribution in [0.2, 0.25) is 0 Å². The van der Waals surface area contributed by atoms with Gasteiger partial charge >= 0.3 is 5.97 Å². The predicted molar refractivity (Wildman–Crippen MR) is 69.2 cm³/mol. The lowest BCUT2D eigenvalue weighted by Gasteiger charge is -2.25. The first-order valence-electron chi connectivity index (χ1n) is 5.64. The number of β-amino-alcohol motifs (C(OH)–C–C–N with tert-alkyl or cyclic N) is 1. The Morgan fingerprint density at radius 3 is 2.72 bits per heavy atom. The second kappa shape index (κ2) is 5.63. The summed E-state index contributed by atoms with van der Waals surface area (Å²) in [6.07, 6.45) is 5.16. The molecule has 1 aliphatic rings. The largest absolute Gasteiger partial charge is 0.480 e. The second-order valence-electron chi connectivity index (χ2n) is 4.71. The first-order chi connectivity index (χ1) is 8.34. The maximum Gasteiger partial charge on any atom is 0.326 e. The van der Waals surface area contributed by atoms with Gasteiger partial charge < -0.3 is 15.1 Å². The second-order valence-corrected chi connectivity index (χ2v) is 5.08. The van der Waals surface area contributed by atoms with Crippen LogP contribution in [0.5, 0.6) is 0 Å². The molecule has 0 spiro atoms. The fourth-order valence-corrected chi connectivity index (χ4v) is 2.25. The van der Waals surface area contributed by atoms with Gasteiger partial charge in [0.2, 0.25) is 5.91 Å². The molecular formula is C12H17NO4S. The molecule has 1 amide bonds. The Balaban J connectivity index is 2.92. The molecule has 1 rings (SSSR count). The van der Waals surface area contributed by atoms with Crippen molar-refractivity contribution in [2.45, 2.75) is 31.4 Å². The Labute approximate surface area is 112 Å². The van der Waals surface area contributed by atoms with Crippen LogP contribution >= 0.6 is 12.6 Å². The fourth-order valence-electron chi connectivity index (χ4n) is 2.09. The maximum atomic E-state index is 12.0. The van der Waals surface area contributed by atoms with Crippen LogP contribution in [0.4, 0.5) is 0 Å². The Bertz CT molecular complexity index is 392. The molecule has 0 aromatic rings. The summed E-state index contributed by atoms with van der Waals surface area (Å²) in [5.41, 5.74) is -1.30. The minimum atomic E-state index is -1.30. The van der Waals surface area contributed by atoms with E-state index in [-0.39, 0.29) is 31.2 Å². The number of thiol groups is 1. The summed E-state index contributed by atoms with van der Waals surface area (Å²) in [7, 11) is 0. The molecule has 1 heterocycles. The van der Waals surface area contributed by atoms with Gasteiger partial charge in [0.15, 0.2) is 0 Å². The van der Waals surface area contributed by atoms with Crippen molar-refractivity contribution >= 4 is 24.5 Å². The third-order valence-corrected chi connectivity index (χ3v) is 3.66. The Hall–Kier alpha value is -1.19. The molecule has 0 radical (unpaired) electrons. The molecule has 0 aromatic carbocycles. The normalized spacial score (nSPS) is 28.8. The van der Waals surface area contributed by atoms with E-state index < -0.39 is 17.6 Å². The van der Waals surface area contributed by atoms with Crippen LogP contribution in [0.25, 0.3) is 0 Å². The lowest BCUT2D eigenvalue weighted by molar-refractivity contribution is -0.149. The molecule has 0 saturated carbocycles. The van der Waals surface area contributed by atoms with Gasteiger partial charge in [-0.2, -0.15) is 12.6 Å². The number of carboxylic acid groups (broad SMARTS) is 1. The molecule has 6 heteroatoms. The van der Waals surface area contributed by atoms with E-state index in [9.17, 15) is 14.7 Å². The van der Waals surface area contributed by atoms with Crippen molar-refractivity contribution in [3.63, 3.8) is 0 Å². The van der Waals surface area contributed by atoms with E-state index in [2.05, 4.69) is 18.5 Å². The quantitative estimate of drug-likeness (QED) is 0.496. The summed E-state index contributed by atoms with van der Waals surface area (Å²) < 4.78 is 0. The lowest BCUT2D eigenvalue weighted by atomic mass is 9.97. The Kier molecular flexibility index (Phi) is 4.65. The average Bonchev–Trinajstić information content (AvgIpc) is 2.66. The van der Waals surface area contributed by atoms with Crippen LogP contribution in [0.15, 0.2) is 0 Å². The summed E-state index contributed by atoms with van der Waals surface area (Å²) in [6.45, 7) is 1.64. The molecule has 1 aliphatic heterocycles. The molecule has 1 saturated heterocycles. The molecule has 2 unspecified atom stereocenters. The van der Waals surface area contributed by atoms with Crippen molar-refractivity contribution in [1.82, 2.24) is 4.90 Å². The zero-order chi connectivity index (χ0) is 13.9. The highest BCUT2D eigenvalue weighted by Crippen LogP contribution is 2.31. The average molecular weight is 271 g/mol. The standard InChI is InChI=1S/C12H17NO4S/c1-3-4-12(17)5-9(11(15)16)13(7-12)10(14)8(2)6-18/h1,8-9,17-18H,4-7H2,2H3,(H,15,16)/t8?,9-,12?/m0/s1. The van der Waals surface area contributed by atoms with Gasteiger partial charge in [0.25, 0.3) is 0 Å². The maximum absolute atomic E-state index is 12.0. The molecular weight excluding hydrogens is 254 g/mol. The molecule has 100 valence electrons. The van der Waals surface area contributed by atoms with Crippen molar-refractivity contribution in [1.29, 1.82) is 0 Å². The molecule has 18 heavy (non-hydrogen) atoms. The van der Waals surface area contributed by atoms with Gasteiger partial charge in [0.1, 0.15) is 6.04 Å². The fraction of sp³-hybridized carbons (Fsp3) is 0.667. The number of nitrogens with zero attached hydrogens (tertiary/aromatic N) is 1. The Morgan fingerprint density at radius 2 is 2.28 bits per heavy atom. The molecule has 3 atom stereocenters. The van der Waals surface area contributed by atoms with E-state index in [1.807, 2.05) is 0 Å². The third kappa shape index (κ3) is 2.98. The molecule has 5 nitrogen and oxygen atoms in total. The van der Waals surface area contributed by atoms with Crippen LogP contribution in [0.3, 0.4) is 0 Å². The number of likely N-dealkylation sites (tertiary alicyclic amines) is 1. The predicted octanol–water partition coefficient (Wildman–Crippen LogP) is -0.00780. The van der Waals surface area contributed by atoms with Crippen LogP contribution < -0.4 is 0 Å². The van der Waals surface area contributed by atoms with Crippen molar-refractivity contribution in [3.8, 4) is 12.3 Å². The third-order valence-electron chi connectivity index (χ3n) is 3.11. The van der Waals surface area contributed by atoms with E-state index in [1.165, 1.54) is 4.90 Å². The van der Waals surface area contributed by atoms with Gasteiger partial charge in [-0.1, -0.05) is 6.92 Å². The molecule has 1 fully saturated rings. The first-order valence-corrected chi connectivity index (χ1v) is 6.28. The van der Waals surface area contributed by atoms with Crippen molar-refractivity contribution < 1.29 is 19.8 Å². The summed E-state index contributed by atoms with van der Waals surface area (Å²) in [5.74, 6) is 0.822. The summed E-state index contributed by atoms with van der Waals surface area (Å²) >= 11 is 4.02. The van der Waals surface area contributed by atoms with Crippen LogP contribution in [0.1, 0.15) is 19.8 Å². The molecule has 2 N–H and O–H groups in total. The van der Waals surface area contributed by atoms with Crippen molar-refractivity contribution in [3.05, 3.63) is 0 Å². The number of rotatable bonds is 4. The van der Waals surface area contributed by atoms with Crippen LogP contribution in [-0.4, -0.2) is 50.9 Å². The van der Waals surface area contributed by atoms with Gasteiger partial charge in [-0.05, 0) is 0 Å². The SMILES string of the molecule is C#CCC1(O)C[C@@H](C(=O)O)N(C(=O)C(C)CS)C1. The molecule has 0 aromatic heterocycles. The monoisotopic (exact) mass is 271 g/mol. The highest BCUT2D eigenvalue weighted by molar-refractivity contribution is 7.80. The van der Waals surface area contributed by atoms with E-state index in [1.54, 1.807) is 6.92 Å². The number of carbonyl (C=O) groups is 2. The number of carboxylic acids is 1. The number of amides is 1. The number of aliphatic carboxylic acids is 1. The zero-order valence-electron chi connectivity index (χ0n) is 10.2. The number of carbonyl (C=O) groups excluding carboxylic acids is 1. The van der Waals surface area contributed by atoms with Crippen LogP contribution in [0, 0.1) is 18.3 Å². The Morgan fingerprint density at radius 1 is 1.67 bits per heavy atom. The minimum Gasteiger partial charge on any atom is -0.480 e. The summed E-state index contributed by atoms with van der Waals surface area (Å²) in [4.78, 5) is 24.4. The molecule has 0 aliphatic carbocycles. The van der Waals surface area contributed by atoms with Gasteiger partial charge in [0, 0.05) is 24.5 Å². The van der Waals surface area contributed by atoms with Crippen molar-refractivity contribution in [2.75, 3.05) is 12.3 Å². The summed E-state index contributed by atoms with van der Waals surface area (Å²) in [6, 6.07) is -1.02. The van der Waals surface area contributed by atoms with Crippen LogP contribution in [-0.2, 0) is 9.59 Å². The number of hydrogen-bond acceptors (Lipinski definition) is 4. The lowest BCUT2D eigenvalue weighted by Crippen LogP contribution is -2.44. The first kappa shape index (κ1) is 14.9. The van der Waals surface area contributed by atoms with Gasteiger partial charge in [-0.3, -0.25) is 4.79 Å². The number of hydrogen-bond donors (Lipinski definition) is 3. The highest BCUT2D eigenvalue weighted by Gasteiger charge is 2.48. The smallest absolute Gasteiger partial charge is 0.326 e. The highest BCUT2D eigenvalue weighted by atomic mass is 32.1. The van der Waals surface area contributed by atoms with Gasteiger partial charge in [-0.15, -0.1) is 12.3 Å².